The van der Waals surface area contributed by atoms with Crippen LogP contribution in [0.25, 0.3) is 6.08 Å². The Morgan fingerprint density at radius 1 is 1.00 bits per heavy atom. The topological polar surface area (TPSA) is 35.5 Å². The minimum absolute atomic E-state index is 0.0247. The van der Waals surface area contributed by atoms with Gasteiger partial charge in [0.05, 0.1) is 24.3 Å². The SMILES string of the molecule is COc1ccc(CC(=O)C=Cc2ccc(Cl)c(Cl)c2)cc1OC. The quantitative estimate of drug-likeness (QED) is 0.699. The van der Waals surface area contributed by atoms with Crippen LogP contribution in [0.3, 0.4) is 0 Å². The molecule has 0 bridgehead atoms. The average molecular weight is 351 g/mol. The highest BCUT2D eigenvalue weighted by atomic mass is 35.5. The van der Waals surface area contributed by atoms with Gasteiger partial charge in [0, 0.05) is 6.42 Å². The minimum Gasteiger partial charge on any atom is -0.493 e. The molecule has 2 rings (SSSR count). The van der Waals surface area contributed by atoms with Crippen molar-refractivity contribution < 1.29 is 14.3 Å². The highest BCUT2D eigenvalue weighted by Gasteiger charge is 2.07. The van der Waals surface area contributed by atoms with Crippen molar-refractivity contribution in [2.24, 2.45) is 0 Å². The Morgan fingerprint density at radius 2 is 1.74 bits per heavy atom. The standard InChI is InChI=1S/C18H16Cl2O3/c1-22-17-8-5-13(11-18(17)23-2)9-14(21)6-3-12-4-7-15(19)16(20)10-12/h3-8,10-11H,9H2,1-2H3. The number of hydrogen-bond donors (Lipinski definition) is 0. The summed E-state index contributed by atoms with van der Waals surface area (Å²) in [4.78, 5) is 12.1. The number of methoxy groups -OCH3 is 2. The normalized spacial score (nSPS) is 10.8. The molecule has 0 N–H and O–H groups in total. The lowest BCUT2D eigenvalue weighted by Gasteiger charge is -2.08. The molecule has 3 nitrogen and oxygen atoms in total. The molecule has 0 atom stereocenters. The van der Waals surface area contributed by atoms with E-state index in [9.17, 15) is 4.79 Å². The monoisotopic (exact) mass is 350 g/mol. The molecule has 0 aliphatic carbocycles. The van der Waals surface area contributed by atoms with Crippen molar-refractivity contribution in [2.75, 3.05) is 14.2 Å². The van der Waals surface area contributed by atoms with Crippen LogP contribution in [0.1, 0.15) is 11.1 Å². The first-order valence-electron chi connectivity index (χ1n) is 6.90. The van der Waals surface area contributed by atoms with E-state index in [-0.39, 0.29) is 12.2 Å². The molecule has 0 aliphatic rings. The van der Waals surface area contributed by atoms with E-state index in [1.165, 1.54) is 6.08 Å². The second kappa shape index (κ2) is 8.04. The van der Waals surface area contributed by atoms with Crippen molar-refractivity contribution in [3.8, 4) is 11.5 Å². The average Bonchev–Trinajstić information content (AvgIpc) is 2.55. The Bertz CT molecular complexity index is 739. The minimum atomic E-state index is -0.0247. The number of benzene rings is 2. The van der Waals surface area contributed by atoms with E-state index in [1.54, 1.807) is 50.6 Å². The summed E-state index contributed by atoms with van der Waals surface area (Å²) in [6.45, 7) is 0. The molecule has 0 aliphatic heterocycles. The molecule has 2 aromatic rings. The molecule has 23 heavy (non-hydrogen) atoms. The van der Waals surface area contributed by atoms with Gasteiger partial charge in [-0.15, -0.1) is 0 Å². The summed E-state index contributed by atoms with van der Waals surface area (Å²) >= 11 is 11.8. The molecular formula is C18H16Cl2O3. The van der Waals surface area contributed by atoms with Gasteiger partial charge in [0.15, 0.2) is 17.3 Å². The molecule has 0 radical (unpaired) electrons. The van der Waals surface area contributed by atoms with Crippen molar-refractivity contribution in [1.82, 2.24) is 0 Å². The van der Waals surface area contributed by atoms with E-state index in [4.69, 9.17) is 32.7 Å². The number of carbonyl (C=O) groups excluding carboxylic acids is 1. The highest BCUT2D eigenvalue weighted by Crippen LogP contribution is 2.28. The maximum Gasteiger partial charge on any atom is 0.161 e. The van der Waals surface area contributed by atoms with Crippen LogP contribution in [-0.2, 0) is 11.2 Å². The summed E-state index contributed by atoms with van der Waals surface area (Å²) < 4.78 is 10.4. The highest BCUT2D eigenvalue weighted by molar-refractivity contribution is 6.42. The molecule has 0 saturated heterocycles. The van der Waals surface area contributed by atoms with E-state index in [1.807, 2.05) is 6.07 Å². The zero-order valence-corrected chi connectivity index (χ0v) is 14.3. The van der Waals surface area contributed by atoms with E-state index in [0.717, 1.165) is 11.1 Å². The molecular weight excluding hydrogens is 335 g/mol. The van der Waals surface area contributed by atoms with Crippen LogP contribution in [0.5, 0.6) is 11.5 Å². The molecule has 0 aromatic heterocycles. The van der Waals surface area contributed by atoms with Gasteiger partial charge in [-0.3, -0.25) is 4.79 Å². The van der Waals surface area contributed by atoms with Crippen LogP contribution < -0.4 is 9.47 Å². The first-order valence-corrected chi connectivity index (χ1v) is 7.66. The van der Waals surface area contributed by atoms with Crippen molar-refractivity contribution in [1.29, 1.82) is 0 Å². The zero-order valence-electron chi connectivity index (χ0n) is 12.8. The summed E-state index contributed by atoms with van der Waals surface area (Å²) in [6, 6.07) is 10.6. The summed E-state index contributed by atoms with van der Waals surface area (Å²) in [6.07, 6.45) is 3.51. The van der Waals surface area contributed by atoms with Crippen LogP contribution in [0.2, 0.25) is 10.0 Å². The second-order valence-corrected chi connectivity index (χ2v) is 5.65. The fraction of sp³-hybridized carbons (Fsp3) is 0.167. The van der Waals surface area contributed by atoms with Gasteiger partial charge < -0.3 is 9.47 Å². The van der Waals surface area contributed by atoms with Gasteiger partial charge in [-0.05, 0) is 41.5 Å². The van der Waals surface area contributed by atoms with Crippen molar-refractivity contribution in [3.63, 3.8) is 0 Å². The third-order valence-corrected chi connectivity index (χ3v) is 3.97. The maximum atomic E-state index is 12.1. The zero-order chi connectivity index (χ0) is 16.8. The molecule has 0 heterocycles. The number of hydrogen-bond acceptors (Lipinski definition) is 3. The summed E-state index contributed by atoms with van der Waals surface area (Å²) in [5.41, 5.74) is 1.67. The first-order chi connectivity index (χ1) is 11.0. The first kappa shape index (κ1) is 17.4. The Kier molecular flexibility index (Phi) is 6.08. The third-order valence-electron chi connectivity index (χ3n) is 3.23. The second-order valence-electron chi connectivity index (χ2n) is 4.84. The van der Waals surface area contributed by atoms with Gasteiger partial charge in [0.2, 0.25) is 0 Å². The van der Waals surface area contributed by atoms with Gasteiger partial charge in [-0.1, -0.05) is 41.4 Å². The molecule has 0 fully saturated rings. The fourth-order valence-corrected chi connectivity index (χ4v) is 2.36. The number of ether oxygens (including phenoxy) is 2. The number of ketones is 1. The fourth-order valence-electron chi connectivity index (χ4n) is 2.06. The van der Waals surface area contributed by atoms with E-state index >= 15 is 0 Å². The van der Waals surface area contributed by atoms with Gasteiger partial charge in [0.25, 0.3) is 0 Å². The molecule has 120 valence electrons. The molecule has 0 saturated carbocycles. The summed E-state index contributed by atoms with van der Waals surface area (Å²) in [5, 5.41) is 0.946. The van der Waals surface area contributed by atoms with Crippen molar-refractivity contribution in [3.05, 3.63) is 63.6 Å². The Hall–Kier alpha value is -1.97. The van der Waals surface area contributed by atoms with Gasteiger partial charge >= 0.3 is 0 Å². The molecule has 0 amide bonds. The number of rotatable bonds is 6. The predicted octanol–water partition coefficient (Wildman–Crippen LogP) is 4.84. The number of allylic oxidation sites excluding steroid dienone is 1. The van der Waals surface area contributed by atoms with E-state index < -0.39 is 0 Å². The molecule has 5 heteroatoms. The lowest BCUT2D eigenvalue weighted by Crippen LogP contribution is -1.99. The predicted molar refractivity (Wildman–Crippen MR) is 93.8 cm³/mol. The van der Waals surface area contributed by atoms with E-state index in [0.29, 0.717) is 21.5 Å². The maximum absolute atomic E-state index is 12.1. The summed E-state index contributed by atoms with van der Waals surface area (Å²) in [7, 11) is 3.14. The van der Waals surface area contributed by atoms with Crippen LogP contribution in [0, 0.1) is 0 Å². The molecule has 0 spiro atoms. The van der Waals surface area contributed by atoms with E-state index in [2.05, 4.69) is 0 Å². The Labute approximate surface area is 145 Å². The van der Waals surface area contributed by atoms with Crippen molar-refractivity contribution >= 4 is 35.1 Å². The molecule has 0 unspecified atom stereocenters. The van der Waals surface area contributed by atoms with Gasteiger partial charge in [0.1, 0.15) is 0 Å². The third kappa shape index (κ3) is 4.75. The van der Waals surface area contributed by atoms with Crippen LogP contribution >= 0.6 is 23.2 Å². The number of halogens is 2. The largest absolute Gasteiger partial charge is 0.493 e. The Morgan fingerprint density at radius 3 is 2.39 bits per heavy atom. The van der Waals surface area contributed by atoms with Crippen LogP contribution in [0.15, 0.2) is 42.5 Å². The van der Waals surface area contributed by atoms with Gasteiger partial charge in [-0.2, -0.15) is 0 Å². The number of carbonyl (C=O) groups is 1. The summed E-state index contributed by atoms with van der Waals surface area (Å²) in [5.74, 6) is 1.21. The van der Waals surface area contributed by atoms with Gasteiger partial charge in [-0.25, -0.2) is 0 Å². The molecule has 2 aromatic carbocycles. The lowest BCUT2D eigenvalue weighted by molar-refractivity contribution is -0.113. The Balaban J connectivity index is 2.07. The van der Waals surface area contributed by atoms with Crippen LogP contribution in [-0.4, -0.2) is 20.0 Å². The van der Waals surface area contributed by atoms with Crippen LogP contribution in [0.4, 0.5) is 0 Å². The lowest BCUT2D eigenvalue weighted by atomic mass is 10.1. The van der Waals surface area contributed by atoms with Crippen molar-refractivity contribution in [2.45, 2.75) is 6.42 Å². The smallest absolute Gasteiger partial charge is 0.161 e.